The summed E-state index contributed by atoms with van der Waals surface area (Å²) < 4.78 is 23.7. The third-order valence-corrected chi connectivity index (χ3v) is 5.08. The molecule has 138 valence electrons. The molecule has 0 unspecified atom stereocenters. The van der Waals surface area contributed by atoms with Crippen molar-refractivity contribution in [3.8, 4) is 11.3 Å². The number of hydrogen-bond acceptors (Lipinski definition) is 6. The number of nitrogens with zero attached hydrogens (tertiary/aromatic N) is 2. The average Bonchev–Trinajstić information content (AvgIpc) is 2.66. The van der Waals surface area contributed by atoms with Gasteiger partial charge in [-0.15, -0.1) is 0 Å². The molecule has 0 fully saturated rings. The zero-order valence-corrected chi connectivity index (χ0v) is 15.3. The van der Waals surface area contributed by atoms with Crippen molar-refractivity contribution in [1.29, 1.82) is 0 Å². The van der Waals surface area contributed by atoms with Gasteiger partial charge in [0.1, 0.15) is 10.6 Å². The Bertz CT molecular complexity index is 1080. The van der Waals surface area contributed by atoms with Gasteiger partial charge in [-0.1, -0.05) is 30.3 Å². The fourth-order valence-electron chi connectivity index (χ4n) is 2.72. The molecule has 3 rings (SSSR count). The van der Waals surface area contributed by atoms with Gasteiger partial charge in [-0.25, -0.2) is 8.42 Å². The van der Waals surface area contributed by atoms with Crippen LogP contribution < -0.4 is 5.32 Å². The molecule has 1 aromatic heterocycles. The topological polar surface area (TPSA) is 102 Å². The summed E-state index contributed by atoms with van der Waals surface area (Å²) in [5, 5.41) is 14.4. The van der Waals surface area contributed by atoms with Crippen LogP contribution in [0.3, 0.4) is 0 Å². The van der Waals surface area contributed by atoms with Gasteiger partial charge in [-0.2, -0.15) is 0 Å². The number of pyridine rings is 1. The van der Waals surface area contributed by atoms with Crippen molar-refractivity contribution in [2.75, 3.05) is 11.6 Å². The highest BCUT2D eigenvalue weighted by molar-refractivity contribution is 7.90. The molecule has 0 radical (unpaired) electrons. The van der Waals surface area contributed by atoms with E-state index in [4.69, 9.17) is 0 Å². The summed E-state index contributed by atoms with van der Waals surface area (Å²) >= 11 is 0. The van der Waals surface area contributed by atoms with Gasteiger partial charge in [0, 0.05) is 24.6 Å². The first-order chi connectivity index (χ1) is 12.9. The van der Waals surface area contributed by atoms with Crippen LogP contribution in [0.2, 0.25) is 0 Å². The normalized spacial score (nSPS) is 11.1. The van der Waals surface area contributed by atoms with Crippen LogP contribution in [0.1, 0.15) is 5.56 Å². The summed E-state index contributed by atoms with van der Waals surface area (Å²) in [5.74, 6) is 0. The summed E-state index contributed by atoms with van der Waals surface area (Å²) in [7, 11) is -3.72. The average molecular weight is 383 g/mol. The van der Waals surface area contributed by atoms with E-state index in [0.717, 1.165) is 23.1 Å². The quantitative estimate of drug-likeness (QED) is 0.515. The molecular weight excluding hydrogens is 366 g/mol. The highest BCUT2D eigenvalue weighted by atomic mass is 32.2. The van der Waals surface area contributed by atoms with E-state index in [9.17, 15) is 18.5 Å². The summed E-state index contributed by atoms with van der Waals surface area (Å²) in [6.45, 7) is 0.300. The molecule has 2 aromatic carbocycles. The van der Waals surface area contributed by atoms with Gasteiger partial charge in [0.15, 0.2) is 9.84 Å². The van der Waals surface area contributed by atoms with Crippen molar-refractivity contribution >= 4 is 21.2 Å². The maximum atomic E-state index is 11.8. The molecular formula is C19H17N3O4S. The Balaban J connectivity index is 1.89. The van der Waals surface area contributed by atoms with E-state index >= 15 is 0 Å². The Morgan fingerprint density at radius 2 is 1.85 bits per heavy atom. The molecule has 7 nitrogen and oxygen atoms in total. The van der Waals surface area contributed by atoms with Crippen molar-refractivity contribution in [3.63, 3.8) is 0 Å². The van der Waals surface area contributed by atoms with Gasteiger partial charge in [0.2, 0.25) is 0 Å². The van der Waals surface area contributed by atoms with Crippen LogP contribution in [-0.2, 0) is 16.4 Å². The summed E-state index contributed by atoms with van der Waals surface area (Å²) in [5.41, 5.74) is 2.35. The van der Waals surface area contributed by atoms with Crippen molar-refractivity contribution in [3.05, 3.63) is 82.5 Å². The SMILES string of the molecule is CS(=O)(=O)c1cccc(NCc2cccc(-c3ccccn3)c2)c1[N+](=O)[O-]. The smallest absolute Gasteiger partial charge is 0.310 e. The highest BCUT2D eigenvalue weighted by Crippen LogP contribution is 2.32. The lowest BCUT2D eigenvalue weighted by Crippen LogP contribution is -2.07. The molecule has 0 spiro atoms. The maximum absolute atomic E-state index is 11.8. The van der Waals surface area contributed by atoms with E-state index in [-0.39, 0.29) is 10.6 Å². The second kappa shape index (κ2) is 7.55. The molecule has 1 heterocycles. The molecule has 0 aliphatic rings. The number of para-hydroxylation sites is 1. The number of hydrogen-bond donors (Lipinski definition) is 1. The molecule has 0 aliphatic carbocycles. The number of benzene rings is 2. The van der Waals surface area contributed by atoms with Crippen LogP contribution in [0, 0.1) is 10.1 Å². The van der Waals surface area contributed by atoms with E-state index in [1.165, 1.54) is 18.2 Å². The molecule has 0 amide bonds. The second-order valence-corrected chi connectivity index (χ2v) is 7.93. The number of nitro benzene ring substituents is 1. The Hall–Kier alpha value is -3.26. The molecule has 1 N–H and O–H groups in total. The van der Waals surface area contributed by atoms with Gasteiger partial charge in [-0.3, -0.25) is 15.1 Å². The molecule has 3 aromatic rings. The van der Waals surface area contributed by atoms with Crippen molar-refractivity contribution in [2.45, 2.75) is 11.4 Å². The number of nitrogens with one attached hydrogen (secondary N) is 1. The first-order valence-corrected chi connectivity index (χ1v) is 9.97. The Morgan fingerprint density at radius 3 is 2.52 bits per heavy atom. The monoisotopic (exact) mass is 383 g/mol. The van der Waals surface area contributed by atoms with Crippen LogP contribution in [0.25, 0.3) is 11.3 Å². The van der Waals surface area contributed by atoms with Gasteiger partial charge >= 0.3 is 5.69 Å². The van der Waals surface area contributed by atoms with Crippen LogP contribution in [0.4, 0.5) is 11.4 Å². The van der Waals surface area contributed by atoms with Crippen LogP contribution in [0.5, 0.6) is 0 Å². The van der Waals surface area contributed by atoms with Crippen molar-refractivity contribution in [1.82, 2.24) is 4.98 Å². The third-order valence-electron chi connectivity index (χ3n) is 3.95. The van der Waals surface area contributed by atoms with E-state index in [1.807, 2.05) is 42.5 Å². The molecule has 0 saturated carbocycles. The minimum Gasteiger partial charge on any atom is -0.375 e. The summed E-state index contributed by atoms with van der Waals surface area (Å²) in [6, 6.07) is 17.5. The fraction of sp³-hybridized carbons (Fsp3) is 0.105. The van der Waals surface area contributed by atoms with Crippen molar-refractivity contribution in [2.24, 2.45) is 0 Å². The Kier molecular flexibility index (Phi) is 5.18. The van der Waals surface area contributed by atoms with Gasteiger partial charge in [-0.05, 0) is 35.9 Å². The first-order valence-electron chi connectivity index (χ1n) is 8.08. The second-order valence-electron chi connectivity index (χ2n) is 5.95. The zero-order chi connectivity index (χ0) is 19.4. The molecule has 0 aliphatic heterocycles. The van der Waals surface area contributed by atoms with Gasteiger partial charge in [0.05, 0.1) is 10.6 Å². The minimum absolute atomic E-state index is 0.158. The Morgan fingerprint density at radius 1 is 1.07 bits per heavy atom. The lowest BCUT2D eigenvalue weighted by molar-refractivity contribution is -0.386. The van der Waals surface area contributed by atoms with Crippen LogP contribution in [-0.4, -0.2) is 24.6 Å². The molecule has 0 saturated heterocycles. The number of anilines is 1. The third kappa shape index (κ3) is 4.29. The largest absolute Gasteiger partial charge is 0.375 e. The lowest BCUT2D eigenvalue weighted by Gasteiger charge is -2.10. The predicted molar refractivity (Wildman–Crippen MR) is 103 cm³/mol. The van der Waals surface area contributed by atoms with E-state index in [2.05, 4.69) is 10.3 Å². The summed E-state index contributed by atoms with van der Waals surface area (Å²) in [4.78, 5) is 14.8. The van der Waals surface area contributed by atoms with Gasteiger partial charge < -0.3 is 5.32 Å². The predicted octanol–water partition coefficient (Wildman–Crippen LogP) is 3.67. The highest BCUT2D eigenvalue weighted by Gasteiger charge is 2.25. The van der Waals surface area contributed by atoms with E-state index in [1.54, 1.807) is 6.20 Å². The number of nitro groups is 1. The van der Waals surface area contributed by atoms with E-state index < -0.39 is 20.4 Å². The van der Waals surface area contributed by atoms with Gasteiger partial charge in [0.25, 0.3) is 0 Å². The van der Waals surface area contributed by atoms with Crippen molar-refractivity contribution < 1.29 is 13.3 Å². The number of aromatic nitrogens is 1. The molecule has 8 heteroatoms. The zero-order valence-electron chi connectivity index (χ0n) is 14.5. The maximum Gasteiger partial charge on any atom is 0.310 e. The fourth-order valence-corrected chi connectivity index (χ4v) is 3.59. The first kappa shape index (κ1) is 18.5. The number of sulfone groups is 1. The minimum atomic E-state index is -3.72. The molecule has 0 atom stereocenters. The number of rotatable bonds is 6. The summed E-state index contributed by atoms with van der Waals surface area (Å²) in [6.07, 6.45) is 2.66. The Labute approximate surface area is 156 Å². The standard InChI is InChI=1S/C19H17N3O4S/c1-27(25,26)18-10-5-9-17(19(18)22(23)24)21-13-14-6-4-7-15(12-14)16-8-2-3-11-20-16/h2-12,21H,13H2,1H3. The van der Waals surface area contributed by atoms with Crippen LogP contribution in [0.15, 0.2) is 71.8 Å². The lowest BCUT2D eigenvalue weighted by atomic mass is 10.1. The van der Waals surface area contributed by atoms with Crippen LogP contribution >= 0.6 is 0 Å². The molecule has 0 bridgehead atoms. The molecule has 27 heavy (non-hydrogen) atoms. The van der Waals surface area contributed by atoms with E-state index in [0.29, 0.717) is 6.54 Å².